The van der Waals surface area contributed by atoms with E-state index in [9.17, 15) is 13.2 Å². The third-order valence-electron chi connectivity index (χ3n) is 6.13. The first-order chi connectivity index (χ1) is 18.8. The maximum atomic E-state index is 13.7. The number of halogens is 3. The van der Waals surface area contributed by atoms with Gasteiger partial charge < -0.3 is 4.90 Å². The molecule has 0 aliphatic carbocycles. The van der Waals surface area contributed by atoms with Crippen LogP contribution in [0.2, 0.25) is 0 Å². The van der Waals surface area contributed by atoms with Crippen LogP contribution in [0.4, 0.5) is 24.5 Å². The molecule has 0 aliphatic rings. The highest BCUT2D eigenvalue weighted by Gasteiger charge is 2.33. The lowest BCUT2D eigenvalue weighted by Crippen LogP contribution is -2.13. The molecule has 4 aromatic carbocycles. The molecular weight excluding hydrogens is 517 g/mol. The van der Waals surface area contributed by atoms with Crippen molar-refractivity contribution in [3.63, 3.8) is 0 Å². The normalized spacial score (nSPS) is 12.3. The van der Waals surface area contributed by atoms with Gasteiger partial charge in [-0.15, -0.1) is 11.3 Å². The molecule has 0 saturated carbocycles. The first-order valence-electron chi connectivity index (χ1n) is 12.2. The van der Waals surface area contributed by atoms with Crippen molar-refractivity contribution >= 4 is 28.9 Å². The maximum Gasteiger partial charge on any atom is 0.418 e. The lowest BCUT2D eigenvalue weighted by Gasteiger charge is -2.11. The van der Waals surface area contributed by atoms with Gasteiger partial charge in [-0.3, -0.25) is 0 Å². The van der Waals surface area contributed by atoms with Gasteiger partial charge in [0.05, 0.1) is 23.2 Å². The zero-order valence-corrected chi connectivity index (χ0v) is 22.1. The van der Waals surface area contributed by atoms with Crippen LogP contribution in [0.1, 0.15) is 11.1 Å². The van der Waals surface area contributed by atoms with Gasteiger partial charge in [0.1, 0.15) is 0 Å². The standard InChI is InChI=1S/C31H25F3N4S/c1-37(2)26-18-12-22(13-19-26)20-35-38-29(25-16-14-24(15-17-25)23-8-4-3-5-9-23)21-39-30(38)36-28-11-7-6-10-27(28)31(32,33)34/h3-21H,1-2H3/b35-20+,36-30?. The van der Waals surface area contributed by atoms with Gasteiger partial charge in [0.25, 0.3) is 0 Å². The van der Waals surface area contributed by atoms with Crippen molar-refractivity contribution in [2.45, 2.75) is 6.18 Å². The number of alkyl halides is 3. The molecule has 0 unspecified atom stereocenters. The summed E-state index contributed by atoms with van der Waals surface area (Å²) in [4.78, 5) is 6.74. The minimum atomic E-state index is -4.52. The van der Waals surface area contributed by atoms with Crippen LogP contribution >= 0.6 is 11.3 Å². The zero-order chi connectivity index (χ0) is 27.4. The number of benzene rings is 4. The van der Waals surface area contributed by atoms with Crippen molar-refractivity contribution in [1.82, 2.24) is 4.68 Å². The summed E-state index contributed by atoms with van der Waals surface area (Å²) in [6, 6.07) is 31.2. The number of aromatic nitrogens is 1. The molecule has 0 saturated heterocycles. The van der Waals surface area contributed by atoms with Gasteiger partial charge in [-0.2, -0.15) is 18.3 Å². The number of anilines is 1. The van der Waals surface area contributed by atoms with Crippen molar-refractivity contribution in [2.75, 3.05) is 19.0 Å². The van der Waals surface area contributed by atoms with Crippen molar-refractivity contribution in [1.29, 1.82) is 0 Å². The molecule has 0 atom stereocenters. The molecule has 5 rings (SSSR count). The Morgan fingerprint density at radius 3 is 2.03 bits per heavy atom. The molecule has 4 nitrogen and oxygen atoms in total. The van der Waals surface area contributed by atoms with Crippen molar-refractivity contribution in [2.24, 2.45) is 10.1 Å². The summed E-state index contributed by atoms with van der Waals surface area (Å²) >= 11 is 1.24. The zero-order valence-electron chi connectivity index (χ0n) is 21.3. The molecule has 0 bridgehead atoms. The smallest absolute Gasteiger partial charge is 0.378 e. The number of hydrogen-bond donors (Lipinski definition) is 0. The molecule has 1 heterocycles. The highest BCUT2D eigenvalue weighted by atomic mass is 32.1. The van der Waals surface area contributed by atoms with Crippen molar-refractivity contribution < 1.29 is 13.2 Å². The topological polar surface area (TPSA) is 32.9 Å². The fraction of sp³-hybridized carbons (Fsp3) is 0.0968. The first-order valence-corrected chi connectivity index (χ1v) is 13.1. The van der Waals surface area contributed by atoms with E-state index in [0.717, 1.165) is 39.7 Å². The summed E-state index contributed by atoms with van der Waals surface area (Å²) < 4.78 is 42.6. The Morgan fingerprint density at radius 2 is 1.36 bits per heavy atom. The molecule has 0 spiro atoms. The Kier molecular flexibility index (Phi) is 7.47. The predicted molar refractivity (Wildman–Crippen MR) is 154 cm³/mol. The van der Waals surface area contributed by atoms with E-state index in [4.69, 9.17) is 0 Å². The Hall–Kier alpha value is -4.43. The van der Waals surface area contributed by atoms with Crippen LogP contribution in [0.15, 0.2) is 119 Å². The number of thiazole rings is 1. The molecule has 0 radical (unpaired) electrons. The van der Waals surface area contributed by atoms with Crippen LogP contribution in [0.25, 0.3) is 22.4 Å². The fourth-order valence-electron chi connectivity index (χ4n) is 4.05. The lowest BCUT2D eigenvalue weighted by atomic mass is 10.0. The van der Waals surface area contributed by atoms with Crippen LogP contribution in [0, 0.1) is 0 Å². The van der Waals surface area contributed by atoms with Crippen LogP contribution in [-0.2, 0) is 6.18 Å². The third kappa shape index (κ3) is 6.02. The van der Waals surface area contributed by atoms with Crippen LogP contribution in [0.5, 0.6) is 0 Å². The Labute approximate surface area is 228 Å². The molecule has 196 valence electrons. The number of para-hydroxylation sites is 1. The van der Waals surface area contributed by atoms with Gasteiger partial charge in [-0.1, -0.05) is 78.9 Å². The van der Waals surface area contributed by atoms with Crippen molar-refractivity contribution in [3.05, 3.63) is 124 Å². The molecule has 0 N–H and O–H groups in total. The van der Waals surface area contributed by atoms with Gasteiger partial charge in [-0.25, -0.2) is 9.67 Å². The summed E-state index contributed by atoms with van der Waals surface area (Å²) in [6.07, 6.45) is -2.83. The summed E-state index contributed by atoms with van der Waals surface area (Å²) in [5.74, 6) is 0. The van der Waals surface area contributed by atoms with Gasteiger partial charge in [0.2, 0.25) is 4.80 Å². The average Bonchev–Trinajstić information content (AvgIpc) is 3.34. The van der Waals surface area contributed by atoms with E-state index in [1.807, 2.05) is 103 Å². The van der Waals surface area contributed by atoms with Gasteiger partial charge in [0.15, 0.2) is 0 Å². The summed E-state index contributed by atoms with van der Waals surface area (Å²) in [7, 11) is 3.93. The van der Waals surface area contributed by atoms with E-state index < -0.39 is 11.7 Å². The highest BCUT2D eigenvalue weighted by Crippen LogP contribution is 2.36. The largest absolute Gasteiger partial charge is 0.418 e. The molecule has 39 heavy (non-hydrogen) atoms. The number of hydrogen-bond acceptors (Lipinski definition) is 4. The van der Waals surface area contributed by atoms with E-state index >= 15 is 0 Å². The van der Waals surface area contributed by atoms with E-state index in [1.165, 1.54) is 23.5 Å². The molecule has 0 aliphatic heterocycles. The van der Waals surface area contributed by atoms with Crippen molar-refractivity contribution in [3.8, 4) is 22.4 Å². The minimum Gasteiger partial charge on any atom is -0.378 e. The first kappa shape index (κ1) is 26.2. The Morgan fingerprint density at radius 1 is 0.744 bits per heavy atom. The average molecular weight is 543 g/mol. The monoisotopic (exact) mass is 542 g/mol. The minimum absolute atomic E-state index is 0.155. The SMILES string of the molecule is CN(C)c1ccc(/C=N/n2c(-c3ccc(-c4ccccc4)cc3)csc2=Nc2ccccc2C(F)(F)F)cc1. The lowest BCUT2D eigenvalue weighted by molar-refractivity contribution is -0.137. The Bertz CT molecular complexity index is 1650. The van der Waals surface area contributed by atoms with E-state index in [1.54, 1.807) is 17.0 Å². The quantitative estimate of drug-likeness (QED) is 0.200. The molecule has 1 aromatic heterocycles. The fourth-order valence-corrected chi connectivity index (χ4v) is 4.90. The summed E-state index contributed by atoms with van der Waals surface area (Å²) in [5.41, 5.74) is 4.72. The predicted octanol–water partition coefficient (Wildman–Crippen LogP) is 8.08. The van der Waals surface area contributed by atoms with E-state index in [2.05, 4.69) is 10.1 Å². The number of rotatable bonds is 6. The van der Waals surface area contributed by atoms with Crippen LogP contribution in [-0.4, -0.2) is 25.0 Å². The van der Waals surface area contributed by atoms with E-state index in [-0.39, 0.29) is 5.69 Å². The molecule has 0 amide bonds. The van der Waals surface area contributed by atoms with E-state index in [0.29, 0.717) is 4.80 Å². The van der Waals surface area contributed by atoms with Gasteiger partial charge in [-0.05, 0) is 41.0 Å². The maximum absolute atomic E-state index is 13.7. The molecule has 8 heteroatoms. The third-order valence-corrected chi connectivity index (χ3v) is 6.95. The second-order valence-electron chi connectivity index (χ2n) is 9.02. The molecular formula is C31H25F3N4S. The van der Waals surface area contributed by atoms with Gasteiger partial charge >= 0.3 is 6.18 Å². The number of nitrogens with zero attached hydrogens (tertiary/aromatic N) is 4. The van der Waals surface area contributed by atoms with Crippen LogP contribution < -0.4 is 9.70 Å². The van der Waals surface area contributed by atoms with Gasteiger partial charge in [0, 0.05) is 30.7 Å². The summed E-state index contributed by atoms with van der Waals surface area (Å²) in [5, 5.41) is 6.53. The second-order valence-corrected chi connectivity index (χ2v) is 9.85. The van der Waals surface area contributed by atoms with Crippen LogP contribution in [0.3, 0.4) is 0 Å². The highest BCUT2D eigenvalue weighted by molar-refractivity contribution is 7.07. The summed E-state index contributed by atoms with van der Waals surface area (Å²) in [6.45, 7) is 0. The molecule has 0 fully saturated rings. The second kappa shape index (κ2) is 11.1. The Balaban J connectivity index is 1.60. The molecule has 5 aromatic rings.